The lowest BCUT2D eigenvalue weighted by Gasteiger charge is -2.46. The summed E-state index contributed by atoms with van der Waals surface area (Å²) in [7, 11) is 1.90. The lowest BCUT2D eigenvalue weighted by Crippen LogP contribution is -2.51. The van der Waals surface area contributed by atoms with Crippen molar-refractivity contribution in [3.05, 3.63) is 98.7 Å². The number of carbonyl (C=O) groups excluding carboxylic acids is 1. The maximum atomic E-state index is 14.0. The molecule has 1 spiro atoms. The molecule has 3 aromatic rings. The van der Waals surface area contributed by atoms with Crippen molar-refractivity contribution in [1.82, 2.24) is 24.7 Å². The highest BCUT2D eigenvalue weighted by Crippen LogP contribution is 2.55. The van der Waals surface area contributed by atoms with Crippen LogP contribution in [0.5, 0.6) is 0 Å². The summed E-state index contributed by atoms with van der Waals surface area (Å²) < 4.78 is 28.4. The first-order valence-electron chi connectivity index (χ1n) is 16.5. The molecular formula is C36H40FN5O4. The normalized spacial score (nSPS) is 23.3. The first-order valence-corrected chi connectivity index (χ1v) is 16.5. The fourth-order valence-electron chi connectivity index (χ4n) is 8.17. The van der Waals surface area contributed by atoms with Gasteiger partial charge in [0.2, 0.25) is 0 Å². The van der Waals surface area contributed by atoms with E-state index in [1.54, 1.807) is 16.7 Å². The minimum absolute atomic E-state index is 0.00282. The summed E-state index contributed by atoms with van der Waals surface area (Å²) in [4.78, 5) is 32.6. The molecule has 1 N–H and O–H groups in total. The highest BCUT2D eigenvalue weighted by Gasteiger charge is 2.53. The Bertz CT molecular complexity index is 1820. The topological polar surface area (TPSA) is 88.9 Å². The Morgan fingerprint density at radius 1 is 1.13 bits per heavy atom. The van der Waals surface area contributed by atoms with Gasteiger partial charge in [-0.05, 0) is 68.0 Å². The SMILES string of the molecule is CN1CC2=C(C=C1C=O)OCC(C1(Cc3cccc4c3CNCC43CCN(CCn4c(=O)ccc5ncc(F)cc54)CC3)CC1)O2. The van der Waals surface area contributed by atoms with Gasteiger partial charge in [0, 0.05) is 62.3 Å². The number of allylic oxidation sites excluding steroid dienone is 2. The average molecular weight is 626 g/mol. The molecule has 6 heterocycles. The van der Waals surface area contributed by atoms with E-state index in [-0.39, 0.29) is 22.5 Å². The number of halogens is 1. The second kappa shape index (κ2) is 11.3. The van der Waals surface area contributed by atoms with Gasteiger partial charge in [0.25, 0.3) is 5.56 Å². The van der Waals surface area contributed by atoms with Crippen LogP contribution in [-0.2, 0) is 39.2 Å². The molecule has 1 atom stereocenters. The van der Waals surface area contributed by atoms with Gasteiger partial charge in [0.05, 0.1) is 29.5 Å². The molecule has 8 rings (SSSR count). The molecule has 2 aromatic heterocycles. The van der Waals surface area contributed by atoms with Crippen molar-refractivity contribution in [3.63, 3.8) is 0 Å². The highest BCUT2D eigenvalue weighted by molar-refractivity contribution is 5.74. The number of benzene rings is 1. The largest absolute Gasteiger partial charge is 0.486 e. The molecule has 1 unspecified atom stereocenters. The van der Waals surface area contributed by atoms with E-state index in [2.05, 4.69) is 33.4 Å². The Labute approximate surface area is 267 Å². The zero-order chi connectivity index (χ0) is 31.5. The fourth-order valence-corrected chi connectivity index (χ4v) is 8.17. The molecule has 0 amide bonds. The molecule has 1 saturated carbocycles. The van der Waals surface area contributed by atoms with Crippen LogP contribution in [0.1, 0.15) is 42.4 Å². The number of aromatic nitrogens is 2. The smallest absolute Gasteiger partial charge is 0.251 e. The number of nitrogens with zero attached hydrogens (tertiary/aromatic N) is 4. The van der Waals surface area contributed by atoms with Crippen molar-refractivity contribution in [2.24, 2.45) is 5.41 Å². The summed E-state index contributed by atoms with van der Waals surface area (Å²) in [6.45, 7) is 6.03. The zero-order valence-electron chi connectivity index (χ0n) is 26.3. The van der Waals surface area contributed by atoms with Gasteiger partial charge in [0.15, 0.2) is 17.8 Å². The number of piperidine rings is 1. The van der Waals surface area contributed by atoms with Crippen LogP contribution >= 0.6 is 0 Å². The van der Waals surface area contributed by atoms with Gasteiger partial charge in [0.1, 0.15) is 18.5 Å². The fraction of sp³-hybridized carbons (Fsp3) is 0.472. The molecule has 2 fully saturated rings. The van der Waals surface area contributed by atoms with Crippen LogP contribution in [0.15, 0.2) is 70.7 Å². The maximum absolute atomic E-state index is 14.0. The molecule has 5 aliphatic rings. The highest BCUT2D eigenvalue weighted by atomic mass is 19.1. The van der Waals surface area contributed by atoms with Gasteiger partial charge in [-0.3, -0.25) is 14.6 Å². The van der Waals surface area contributed by atoms with Crippen molar-refractivity contribution in [3.8, 4) is 0 Å². The van der Waals surface area contributed by atoms with Gasteiger partial charge in [-0.25, -0.2) is 4.39 Å². The van der Waals surface area contributed by atoms with Crippen molar-refractivity contribution in [2.45, 2.75) is 56.7 Å². The minimum Gasteiger partial charge on any atom is -0.486 e. The molecule has 46 heavy (non-hydrogen) atoms. The average Bonchev–Trinajstić information content (AvgIpc) is 3.85. The van der Waals surface area contributed by atoms with Crippen LogP contribution in [0.3, 0.4) is 0 Å². The van der Waals surface area contributed by atoms with Gasteiger partial charge in [-0.2, -0.15) is 0 Å². The monoisotopic (exact) mass is 625 g/mol. The van der Waals surface area contributed by atoms with Crippen LogP contribution < -0.4 is 10.9 Å². The third-order valence-corrected chi connectivity index (χ3v) is 11.2. The molecule has 240 valence electrons. The number of ether oxygens (including phenoxy) is 2. The van der Waals surface area contributed by atoms with Gasteiger partial charge in [-0.1, -0.05) is 18.2 Å². The van der Waals surface area contributed by atoms with Gasteiger partial charge < -0.3 is 29.2 Å². The van der Waals surface area contributed by atoms with Crippen LogP contribution in [0.2, 0.25) is 0 Å². The standard InChI is InChI=1S/C36H40FN5O4/c1-40-20-32-31(16-26(40)21-43)45-22-33(46-32)35(7-8-35)17-24-3-2-4-28-27(24)19-38-23-36(28)9-11-41(12-10-36)13-14-42-30-15-25(37)18-39-29(30)5-6-34(42)44/h2-6,15-16,18,21,33,38H,7-14,17,19-20,22-23H2,1H3. The number of pyridine rings is 2. The summed E-state index contributed by atoms with van der Waals surface area (Å²) in [5.41, 5.74) is 6.14. The first-order chi connectivity index (χ1) is 22.4. The Morgan fingerprint density at radius 3 is 2.78 bits per heavy atom. The molecule has 1 aliphatic carbocycles. The van der Waals surface area contributed by atoms with E-state index in [0.29, 0.717) is 42.2 Å². The van der Waals surface area contributed by atoms with E-state index in [1.807, 2.05) is 11.9 Å². The van der Waals surface area contributed by atoms with E-state index in [4.69, 9.17) is 9.47 Å². The van der Waals surface area contributed by atoms with Gasteiger partial charge >= 0.3 is 0 Å². The molecule has 4 aliphatic heterocycles. The van der Waals surface area contributed by atoms with Crippen molar-refractivity contribution >= 4 is 17.3 Å². The number of aldehydes is 1. The number of fused-ring (bicyclic) bond motifs is 3. The zero-order valence-corrected chi connectivity index (χ0v) is 26.3. The molecule has 1 aromatic carbocycles. The molecule has 0 bridgehead atoms. The number of likely N-dealkylation sites (N-methyl/N-ethyl adjacent to an activating group) is 1. The number of carbonyl (C=O) groups is 1. The Hall–Kier alpha value is -4.02. The van der Waals surface area contributed by atoms with E-state index in [0.717, 1.165) is 76.9 Å². The van der Waals surface area contributed by atoms with Crippen LogP contribution in [-0.4, -0.2) is 78.1 Å². The molecule has 9 nitrogen and oxygen atoms in total. The summed E-state index contributed by atoms with van der Waals surface area (Å²) >= 11 is 0. The van der Waals surface area contributed by atoms with Crippen molar-refractivity contribution in [2.75, 3.05) is 46.4 Å². The number of likely N-dealkylation sites (tertiary alicyclic amines) is 1. The second-order valence-electron chi connectivity index (χ2n) is 13.8. The number of rotatable bonds is 7. The summed E-state index contributed by atoms with van der Waals surface area (Å²) in [5, 5.41) is 3.77. The van der Waals surface area contributed by atoms with E-state index >= 15 is 0 Å². The third kappa shape index (κ3) is 5.11. The van der Waals surface area contributed by atoms with Crippen molar-refractivity contribution < 1.29 is 18.7 Å². The van der Waals surface area contributed by atoms with Crippen LogP contribution in [0.25, 0.3) is 11.0 Å². The first kappa shape index (κ1) is 29.4. The van der Waals surface area contributed by atoms with Crippen molar-refractivity contribution in [1.29, 1.82) is 0 Å². The summed E-state index contributed by atoms with van der Waals surface area (Å²) in [5.74, 6) is 1.08. The Kier molecular flexibility index (Phi) is 7.25. The number of hydrogen-bond acceptors (Lipinski definition) is 8. The predicted molar refractivity (Wildman–Crippen MR) is 171 cm³/mol. The Balaban J connectivity index is 0.959. The van der Waals surface area contributed by atoms with Gasteiger partial charge in [-0.15, -0.1) is 0 Å². The predicted octanol–water partition coefficient (Wildman–Crippen LogP) is 3.65. The molecule has 0 radical (unpaired) electrons. The van der Waals surface area contributed by atoms with E-state index in [9.17, 15) is 14.0 Å². The third-order valence-electron chi connectivity index (χ3n) is 11.2. The van der Waals surface area contributed by atoms with Crippen LogP contribution in [0, 0.1) is 11.2 Å². The molecule has 1 saturated heterocycles. The Morgan fingerprint density at radius 2 is 1.98 bits per heavy atom. The lowest BCUT2D eigenvalue weighted by atomic mass is 9.68. The van der Waals surface area contributed by atoms with E-state index < -0.39 is 5.82 Å². The summed E-state index contributed by atoms with van der Waals surface area (Å²) in [6.07, 6.45) is 9.13. The molecular weight excluding hydrogens is 585 g/mol. The number of nitrogens with one attached hydrogen (secondary N) is 1. The molecule has 10 heteroatoms. The summed E-state index contributed by atoms with van der Waals surface area (Å²) in [6, 6.07) is 11.5. The minimum atomic E-state index is -0.433. The second-order valence-corrected chi connectivity index (χ2v) is 13.8. The quantitative estimate of drug-likeness (QED) is 0.399. The van der Waals surface area contributed by atoms with Crippen LogP contribution in [0.4, 0.5) is 4.39 Å². The number of hydrogen-bond donors (Lipinski definition) is 1. The van der Waals surface area contributed by atoms with E-state index in [1.165, 1.54) is 35.0 Å². The lowest BCUT2D eigenvalue weighted by molar-refractivity contribution is -0.106. The maximum Gasteiger partial charge on any atom is 0.251 e.